The Morgan fingerprint density at radius 1 is 1.29 bits per heavy atom. The van der Waals surface area contributed by atoms with Crippen LogP contribution in [0.25, 0.3) is 0 Å². The van der Waals surface area contributed by atoms with Crippen molar-refractivity contribution in [1.82, 2.24) is 4.90 Å². The molecule has 1 aromatic carbocycles. The summed E-state index contributed by atoms with van der Waals surface area (Å²) in [5, 5.41) is 0. The molecule has 90 valence electrons. The van der Waals surface area contributed by atoms with Gasteiger partial charge in [0.05, 0.1) is 7.11 Å². The number of hydrogen-bond donors (Lipinski definition) is 0. The Balaban J connectivity index is 2.29. The topological polar surface area (TPSA) is 46.6 Å². The van der Waals surface area contributed by atoms with Gasteiger partial charge in [-0.05, 0) is 31.0 Å². The van der Waals surface area contributed by atoms with E-state index < -0.39 is 0 Å². The molecule has 17 heavy (non-hydrogen) atoms. The largest absolute Gasteiger partial charge is 0.497 e. The molecule has 1 aromatic rings. The average molecular weight is 233 g/mol. The molecule has 0 saturated carbocycles. The lowest BCUT2D eigenvalue weighted by atomic mass is 10.1. The molecule has 2 rings (SSSR count). The van der Waals surface area contributed by atoms with E-state index in [-0.39, 0.29) is 5.91 Å². The number of rotatable bonds is 3. The summed E-state index contributed by atoms with van der Waals surface area (Å²) in [6.07, 6.45) is 2.83. The Labute approximate surface area is 100 Å². The number of carbonyl (C=O) groups excluding carboxylic acids is 2. The molecular formula is C13H15NO3. The quantitative estimate of drug-likeness (QED) is 0.747. The number of hydrogen-bond acceptors (Lipinski definition) is 3. The molecule has 0 aromatic heterocycles. The summed E-state index contributed by atoms with van der Waals surface area (Å²) in [7, 11) is 1.52. The van der Waals surface area contributed by atoms with Crippen molar-refractivity contribution in [3.05, 3.63) is 29.3 Å². The zero-order chi connectivity index (χ0) is 12.3. The lowest BCUT2D eigenvalue weighted by molar-refractivity contribution is 0.0792. The third-order valence-corrected chi connectivity index (χ3v) is 2.94. The maximum Gasteiger partial charge on any atom is 0.254 e. The molecule has 0 radical (unpaired) electrons. The SMILES string of the molecule is COc1cc(C=O)cc(C(=O)N2CCCC2)c1. The summed E-state index contributed by atoms with van der Waals surface area (Å²) >= 11 is 0. The molecule has 1 aliphatic rings. The van der Waals surface area contributed by atoms with Gasteiger partial charge in [-0.25, -0.2) is 0 Å². The van der Waals surface area contributed by atoms with E-state index in [4.69, 9.17) is 4.74 Å². The summed E-state index contributed by atoms with van der Waals surface area (Å²) in [4.78, 5) is 24.7. The number of nitrogens with zero attached hydrogens (tertiary/aromatic N) is 1. The highest BCUT2D eigenvalue weighted by Gasteiger charge is 2.20. The summed E-state index contributed by atoms with van der Waals surface area (Å²) in [6, 6.07) is 4.90. The number of aldehydes is 1. The number of benzene rings is 1. The molecule has 0 spiro atoms. The standard InChI is InChI=1S/C13H15NO3/c1-17-12-7-10(9-15)6-11(8-12)13(16)14-4-2-3-5-14/h6-9H,2-5H2,1H3. The third kappa shape index (κ3) is 2.46. The van der Waals surface area contributed by atoms with Crippen LogP contribution >= 0.6 is 0 Å². The molecule has 0 unspecified atom stereocenters. The molecule has 0 atom stereocenters. The van der Waals surface area contributed by atoms with Crippen molar-refractivity contribution in [3.8, 4) is 5.75 Å². The lowest BCUT2D eigenvalue weighted by Crippen LogP contribution is -2.27. The molecule has 4 heteroatoms. The number of methoxy groups -OCH3 is 1. The second kappa shape index (κ2) is 4.99. The van der Waals surface area contributed by atoms with Crippen molar-refractivity contribution in [3.63, 3.8) is 0 Å². The van der Waals surface area contributed by atoms with Crippen LogP contribution in [0.4, 0.5) is 0 Å². The maximum atomic E-state index is 12.1. The zero-order valence-corrected chi connectivity index (χ0v) is 9.81. The van der Waals surface area contributed by atoms with Crippen molar-refractivity contribution in [2.75, 3.05) is 20.2 Å². The van der Waals surface area contributed by atoms with Crippen LogP contribution in [0.15, 0.2) is 18.2 Å². The average Bonchev–Trinajstić information content (AvgIpc) is 2.91. The third-order valence-electron chi connectivity index (χ3n) is 2.94. The van der Waals surface area contributed by atoms with E-state index >= 15 is 0 Å². The van der Waals surface area contributed by atoms with E-state index in [1.54, 1.807) is 18.2 Å². The van der Waals surface area contributed by atoms with Crippen LogP contribution in [-0.4, -0.2) is 37.3 Å². The molecule has 1 amide bonds. The van der Waals surface area contributed by atoms with Gasteiger partial charge >= 0.3 is 0 Å². The summed E-state index contributed by atoms with van der Waals surface area (Å²) in [6.45, 7) is 1.60. The number of ether oxygens (including phenoxy) is 1. The van der Waals surface area contributed by atoms with Gasteiger partial charge in [-0.2, -0.15) is 0 Å². The summed E-state index contributed by atoms with van der Waals surface area (Å²) in [5.41, 5.74) is 0.986. The fourth-order valence-electron chi connectivity index (χ4n) is 2.03. The number of likely N-dealkylation sites (tertiary alicyclic amines) is 1. The van der Waals surface area contributed by atoms with Gasteiger partial charge in [-0.1, -0.05) is 0 Å². The van der Waals surface area contributed by atoms with Crippen LogP contribution in [-0.2, 0) is 0 Å². The normalized spacial score (nSPS) is 14.8. The molecule has 1 fully saturated rings. The van der Waals surface area contributed by atoms with Crippen molar-refractivity contribution < 1.29 is 14.3 Å². The molecule has 0 bridgehead atoms. The molecule has 1 saturated heterocycles. The second-order valence-corrected chi connectivity index (χ2v) is 4.11. The van der Waals surface area contributed by atoms with E-state index in [0.717, 1.165) is 32.2 Å². The molecule has 1 aliphatic heterocycles. The highest BCUT2D eigenvalue weighted by atomic mass is 16.5. The first-order valence-electron chi connectivity index (χ1n) is 5.68. The smallest absolute Gasteiger partial charge is 0.254 e. The highest BCUT2D eigenvalue weighted by molar-refractivity contribution is 5.96. The van der Waals surface area contributed by atoms with Gasteiger partial charge in [0.2, 0.25) is 0 Å². The molecular weight excluding hydrogens is 218 g/mol. The Morgan fingerprint density at radius 3 is 2.59 bits per heavy atom. The van der Waals surface area contributed by atoms with E-state index in [1.807, 2.05) is 4.90 Å². The first-order valence-corrected chi connectivity index (χ1v) is 5.68. The van der Waals surface area contributed by atoms with Crippen LogP contribution in [0, 0.1) is 0 Å². The van der Waals surface area contributed by atoms with Crippen molar-refractivity contribution in [1.29, 1.82) is 0 Å². The van der Waals surface area contributed by atoms with Gasteiger partial charge in [-0.15, -0.1) is 0 Å². The minimum Gasteiger partial charge on any atom is -0.497 e. The van der Waals surface area contributed by atoms with Gasteiger partial charge in [0.1, 0.15) is 12.0 Å². The predicted molar refractivity (Wildman–Crippen MR) is 63.5 cm³/mol. The molecule has 1 heterocycles. The molecule has 0 N–H and O–H groups in total. The number of carbonyl (C=O) groups is 2. The Kier molecular flexibility index (Phi) is 3.42. The van der Waals surface area contributed by atoms with Crippen LogP contribution in [0.3, 0.4) is 0 Å². The Hall–Kier alpha value is -1.84. The fourth-order valence-corrected chi connectivity index (χ4v) is 2.03. The van der Waals surface area contributed by atoms with Gasteiger partial charge in [0, 0.05) is 24.2 Å². The number of amides is 1. The van der Waals surface area contributed by atoms with Crippen molar-refractivity contribution in [2.45, 2.75) is 12.8 Å². The Morgan fingerprint density at radius 2 is 2.00 bits per heavy atom. The minimum atomic E-state index is -0.0236. The fraction of sp³-hybridized carbons (Fsp3) is 0.385. The Bertz CT molecular complexity index is 436. The van der Waals surface area contributed by atoms with E-state index in [9.17, 15) is 9.59 Å². The lowest BCUT2D eigenvalue weighted by Gasteiger charge is -2.15. The first kappa shape index (κ1) is 11.6. The van der Waals surface area contributed by atoms with E-state index in [1.165, 1.54) is 7.11 Å². The van der Waals surface area contributed by atoms with Crippen LogP contribution in [0.1, 0.15) is 33.6 Å². The maximum absolute atomic E-state index is 12.1. The monoisotopic (exact) mass is 233 g/mol. The van der Waals surface area contributed by atoms with Crippen molar-refractivity contribution in [2.24, 2.45) is 0 Å². The zero-order valence-electron chi connectivity index (χ0n) is 9.81. The van der Waals surface area contributed by atoms with Crippen LogP contribution in [0.2, 0.25) is 0 Å². The van der Waals surface area contributed by atoms with Crippen LogP contribution in [0.5, 0.6) is 5.75 Å². The summed E-state index contributed by atoms with van der Waals surface area (Å²) in [5.74, 6) is 0.515. The molecule has 0 aliphatic carbocycles. The minimum absolute atomic E-state index is 0.0236. The summed E-state index contributed by atoms with van der Waals surface area (Å²) < 4.78 is 5.08. The van der Waals surface area contributed by atoms with Gasteiger partial charge in [0.15, 0.2) is 0 Å². The highest BCUT2D eigenvalue weighted by Crippen LogP contribution is 2.19. The van der Waals surface area contributed by atoms with Gasteiger partial charge in [0.25, 0.3) is 5.91 Å². The predicted octanol–water partition coefficient (Wildman–Crippen LogP) is 1.74. The van der Waals surface area contributed by atoms with Gasteiger partial charge in [-0.3, -0.25) is 9.59 Å². The van der Waals surface area contributed by atoms with E-state index in [0.29, 0.717) is 16.9 Å². The van der Waals surface area contributed by atoms with Crippen molar-refractivity contribution >= 4 is 12.2 Å². The van der Waals surface area contributed by atoms with Gasteiger partial charge < -0.3 is 9.64 Å². The first-order chi connectivity index (χ1) is 8.24. The van der Waals surface area contributed by atoms with Crippen LogP contribution < -0.4 is 4.74 Å². The second-order valence-electron chi connectivity index (χ2n) is 4.11. The van der Waals surface area contributed by atoms with E-state index in [2.05, 4.69) is 0 Å². The molecule has 4 nitrogen and oxygen atoms in total.